The van der Waals surface area contributed by atoms with Gasteiger partial charge in [-0.15, -0.1) is 5.10 Å². The molecule has 3 aromatic rings. The molecular weight excluding hydrogens is 446 g/mol. The number of carboxylic acids is 2. The number of aliphatic carboxylic acids is 2. The molecule has 0 saturated heterocycles. The van der Waals surface area contributed by atoms with Crippen molar-refractivity contribution in [2.45, 2.75) is 17.5 Å². The average Bonchev–Trinajstić information content (AvgIpc) is 3.29. The number of H-pyrrole nitrogens is 1. The highest BCUT2D eigenvalue weighted by Gasteiger charge is 2.38. The number of halogens is 6. The summed E-state index contributed by atoms with van der Waals surface area (Å²) in [4.78, 5) is 25.2. The van der Waals surface area contributed by atoms with Gasteiger partial charge in [-0.3, -0.25) is 0 Å². The van der Waals surface area contributed by atoms with E-state index in [4.69, 9.17) is 19.8 Å². The maximum Gasteiger partial charge on any atom is 0.490 e. The highest BCUT2D eigenvalue weighted by molar-refractivity contribution is 7.98. The standard InChI is InChI=1S/C11H10N4S.2C2HF3O2/c1-16-11-13-7-8-4-5-10(15(8)14-11)9-3-2-6-12-9;2*3-2(4,5)1(6)7/h2-7,12H,1H3;2*(H,6,7). The monoisotopic (exact) mass is 458 g/mol. The quantitative estimate of drug-likeness (QED) is 0.396. The summed E-state index contributed by atoms with van der Waals surface area (Å²) >= 11 is 1.54. The van der Waals surface area contributed by atoms with Crippen molar-refractivity contribution in [2.24, 2.45) is 0 Å². The van der Waals surface area contributed by atoms with Crippen LogP contribution < -0.4 is 0 Å². The summed E-state index contributed by atoms with van der Waals surface area (Å²) in [5, 5.41) is 19.5. The second-order valence-corrected chi connectivity index (χ2v) is 5.76. The highest BCUT2D eigenvalue weighted by Crippen LogP contribution is 2.20. The molecular formula is C15H12F6N4O4S. The minimum Gasteiger partial charge on any atom is -0.475 e. The van der Waals surface area contributed by atoms with Crippen LogP contribution in [0, 0.1) is 0 Å². The number of aromatic amines is 1. The van der Waals surface area contributed by atoms with Gasteiger partial charge in [-0.25, -0.2) is 19.1 Å². The molecule has 3 rings (SSSR count). The topological polar surface area (TPSA) is 121 Å². The molecule has 164 valence electrons. The van der Waals surface area contributed by atoms with Crippen LogP contribution in [0.3, 0.4) is 0 Å². The second kappa shape index (κ2) is 10.00. The molecule has 0 unspecified atom stereocenters. The zero-order valence-electron chi connectivity index (χ0n) is 14.7. The molecule has 3 heterocycles. The average molecular weight is 458 g/mol. The third kappa shape index (κ3) is 7.31. The van der Waals surface area contributed by atoms with Crippen LogP contribution in [-0.2, 0) is 9.59 Å². The number of nitrogens with zero attached hydrogens (tertiary/aromatic N) is 3. The van der Waals surface area contributed by atoms with Crippen LogP contribution in [0.4, 0.5) is 26.3 Å². The fourth-order valence-electron chi connectivity index (χ4n) is 1.67. The van der Waals surface area contributed by atoms with Crippen molar-refractivity contribution in [3.63, 3.8) is 0 Å². The molecule has 0 spiro atoms. The summed E-state index contributed by atoms with van der Waals surface area (Å²) in [6, 6.07) is 8.06. The Morgan fingerprint density at radius 2 is 1.57 bits per heavy atom. The summed E-state index contributed by atoms with van der Waals surface area (Å²) in [6.07, 6.45) is -4.45. The molecule has 0 amide bonds. The van der Waals surface area contributed by atoms with Crippen LogP contribution in [0.2, 0.25) is 0 Å². The number of carboxylic acid groups (broad SMARTS) is 2. The molecule has 0 aromatic carbocycles. The molecule has 0 aliphatic carbocycles. The SMILES string of the molecule is CSc1ncc2ccc(-c3ccc[nH]3)n2n1.O=C(O)C(F)(F)F.O=C(O)C(F)(F)F. The van der Waals surface area contributed by atoms with E-state index in [1.807, 2.05) is 47.4 Å². The van der Waals surface area contributed by atoms with Crippen LogP contribution in [0.25, 0.3) is 16.9 Å². The van der Waals surface area contributed by atoms with Gasteiger partial charge in [0.05, 0.1) is 23.1 Å². The molecule has 0 fully saturated rings. The van der Waals surface area contributed by atoms with E-state index in [1.165, 1.54) is 11.8 Å². The first-order valence-electron chi connectivity index (χ1n) is 7.40. The first kappa shape index (κ1) is 24.8. The fourth-order valence-corrected chi connectivity index (χ4v) is 2.00. The van der Waals surface area contributed by atoms with Gasteiger partial charge >= 0.3 is 24.3 Å². The number of carbonyl (C=O) groups is 2. The molecule has 0 saturated carbocycles. The molecule has 15 heteroatoms. The molecule has 0 aliphatic heterocycles. The van der Waals surface area contributed by atoms with Crippen molar-refractivity contribution in [1.29, 1.82) is 0 Å². The van der Waals surface area contributed by atoms with Gasteiger partial charge < -0.3 is 15.2 Å². The summed E-state index contributed by atoms with van der Waals surface area (Å²) in [5.41, 5.74) is 3.12. The molecule has 30 heavy (non-hydrogen) atoms. The Bertz CT molecular complexity index is 961. The first-order valence-corrected chi connectivity index (χ1v) is 8.62. The number of hydrogen-bond donors (Lipinski definition) is 3. The van der Waals surface area contributed by atoms with Gasteiger partial charge in [0, 0.05) is 6.20 Å². The van der Waals surface area contributed by atoms with Gasteiger partial charge in [0.1, 0.15) is 0 Å². The summed E-state index contributed by atoms with van der Waals surface area (Å²) < 4.78 is 65.4. The van der Waals surface area contributed by atoms with Crippen molar-refractivity contribution in [1.82, 2.24) is 19.6 Å². The number of aromatic nitrogens is 4. The van der Waals surface area contributed by atoms with Crippen molar-refractivity contribution in [3.05, 3.63) is 36.7 Å². The Morgan fingerprint density at radius 3 is 1.97 bits per heavy atom. The van der Waals surface area contributed by atoms with Crippen LogP contribution in [-0.4, -0.2) is 60.3 Å². The predicted octanol–water partition coefficient (Wildman–Crippen LogP) is 3.71. The number of hydrogen-bond acceptors (Lipinski definition) is 5. The zero-order chi connectivity index (χ0) is 23.1. The second-order valence-electron chi connectivity index (χ2n) is 4.99. The third-order valence-corrected chi connectivity index (χ3v) is 3.47. The van der Waals surface area contributed by atoms with E-state index in [2.05, 4.69) is 15.1 Å². The fraction of sp³-hybridized carbons (Fsp3) is 0.200. The number of fused-ring (bicyclic) bond motifs is 1. The third-order valence-electron chi connectivity index (χ3n) is 2.92. The zero-order valence-corrected chi connectivity index (χ0v) is 15.5. The van der Waals surface area contributed by atoms with Gasteiger partial charge in [0.2, 0.25) is 5.16 Å². The Labute approximate surface area is 167 Å². The molecule has 0 bridgehead atoms. The van der Waals surface area contributed by atoms with Gasteiger partial charge in [-0.2, -0.15) is 26.3 Å². The predicted molar refractivity (Wildman–Crippen MR) is 91.9 cm³/mol. The van der Waals surface area contributed by atoms with Crippen LogP contribution >= 0.6 is 11.8 Å². The van der Waals surface area contributed by atoms with Crippen molar-refractivity contribution >= 4 is 29.2 Å². The normalized spacial score (nSPS) is 11.2. The number of rotatable bonds is 2. The molecule has 0 atom stereocenters. The lowest BCUT2D eigenvalue weighted by atomic mass is 10.3. The molecule has 8 nitrogen and oxygen atoms in total. The van der Waals surface area contributed by atoms with E-state index in [-0.39, 0.29) is 0 Å². The van der Waals surface area contributed by atoms with E-state index < -0.39 is 24.3 Å². The number of nitrogens with one attached hydrogen (secondary N) is 1. The minimum absolute atomic E-state index is 0.775. The van der Waals surface area contributed by atoms with Gasteiger partial charge in [0.25, 0.3) is 0 Å². The largest absolute Gasteiger partial charge is 0.490 e. The highest BCUT2D eigenvalue weighted by atomic mass is 32.2. The van der Waals surface area contributed by atoms with Gasteiger partial charge in [-0.1, -0.05) is 11.8 Å². The summed E-state index contributed by atoms with van der Waals surface area (Å²) in [6.45, 7) is 0. The minimum atomic E-state index is -5.08. The molecule has 0 radical (unpaired) electrons. The lowest BCUT2D eigenvalue weighted by Gasteiger charge is -2.01. The maximum absolute atomic E-state index is 10.6. The van der Waals surface area contributed by atoms with Gasteiger partial charge in [-0.05, 0) is 30.5 Å². The van der Waals surface area contributed by atoms with Crippen LogP contribution in [0.1, 0.15) is 0 Å². The Kier molecular flexibility index (Phi) is 8.27. The Hall–Kier alpha value is -3.23. The lowest BCUT2D eigenvalue weighted by Crippen LogP contribution is -2.21. The molecule has 3 aromatic heterocycles. The first-order chi connectivity index (χ1) is 13.8. The summed E-state index contributed by atoms with van der Waals surface area (Å²) in [5.74, 6) is -5.51. The number of alkyl halides is 6. The smallest absolute Gasteiger partial charge is 0.475 e. The van der Waals surface area contributed by atoms with E-state index in [9.17, 15) is 26.3 Å². The van der Waals surface area contributed by atoms with E-state index in [0.29, 0.717) is 0 Å². The van der Waals surface area contributed by atoms with Crippen LogP contribution in [0.15, 0.2) is 41.8 Å². The van der Waals surface area contributed by atoms with Crippen LogP contribution in [0.5, 0.6) is 0 Å². The van der Waals surface area contributed by atoms with Crippen molar-refractivity contribution in [2.75, 3.05) is 6.26 Å². The van der Waals surface area contributed by atoms with E-state index in [0.717, 1.165) is 22.1 Å². The number of thioether (sulfide) groups is 1. The van der Waals surface area contributed by atoms with Crippen molar-refractivity contribution in [3.8, 4) is 11.4 Å². The summed E-state index contributed by atoms with van der Waals surface area (Å²) in [7, 11) is 0. The maximum atomic E-state index is 10.6. The Balaban J connectivity index is 0.000000271. The van der Waals surface area contributed by atoms with E-state index >= 15 is 0 Å². The van der Waals surface area contributed by atoms with Crippen molar-refractivity contribution < 1.29 is 46.1 Å². The van der Waals surface area contributed by atoms with Gasteiger partial charge in [0.15, 0.2) is 0 Å². The lowest BCUT2D eigenvalue weighted by molar-refractivity contribution is -0.193. The molecule has 0 aliphatic rings. The molecule has 3 N–H and O–H groups in total. The van der Waals surface area contributed by atoms with E-state index in [1.54, 1.807) is 0 Å². The Morgan fingerprint density at radius 1 is 1.03 bits per heavy atom.